The first-order valence-electron chi connectivity index (χ1n) is 14.1. The van der Waals surface area contributed by atoms with E-state index in [9.17, 15) is 18.0 Å². The summed E-state index contributed by atoms with van der Waals surface area (Å²) in [4.78, 5) is 28.0. The van der Waals surface area contributed by atoms with E-state index in [4.69, 9.17) is 4.52 Å². The first kappa shape index (κ1) is 31.9. The zero-order valence-electron chi connectivity index (χ0n) is 24.9. The Morgan fingerprint density at radius 3 is 2.29 bits per heavy atom. The highest BCUT2D eigenvalue weighted by atomic mass is 32.2. The number of unbranched alkanes of at least 4 members (excludes halogenated alkanes) is 2. The summed E-state index contributed by atoms with van der Waals surface area (Å²) in [5.41, 5.74) is 3.30. The summed E-state index contributed by atoms with van der Waals surface area (Å²) in [6.07, 6.45) is 3.68. The monoisotopic (exact) mass is 582 g/mol. The van der Waals surface area contributed by atoms with E-state index in [-0.39, 0.29) is 35.1 Å². The Morgan fingerprint density at radius 2 is 1.71 bits per heavy atom. The molecule has 2 amide bonds. The van der Waals surface area contributed by atoms with Gasteiger partial charge in [-0.15, -0.1) is 0 Å². The lowest BCUT2D eigenvalue weighted by Crippen LogP contribution is -2.49. The highest BCUT2D eigenvalue weighted by molar-refractivity contribution is 7.92. The fraction of sp³-hybridized carbons (Fsp3) is 0.452. The molecule has 1 unspecified atom stereocenters. The molecule has 0 bridgehead atoms. The summed E-state index contributed by atoms with van der Waals surface area (Å²) in [7, 11) is -2.38. The average molecular weight is 583 g/mol. The van der Waals surface area contributed by atoms with Crippen LogP contribution in [-0.4, -0.2) is 43.4 Å². The molecule has 0 fully saturated rings. The van der Waals surface area contributed by atoms with E-state index in [0.717, 1.165) is 24.8 Å². The molecule has 222 valence electrons. The second-order valence-electron chi connectivity index (χ2n) is 10.8. The van der Waals surface area contributed by atoms with Crippen molar-refractivity contribution in [2.75, 3.05) is 11.8 Å². The molecule has 0 saturated heterocycles. The summed E-state index contributed by atoms with van der Waals surface area (Å²) < 4.78 is 34.3. The minimum Gasteiger partial charge on any atom is -0.357 e. The zero-order valence-corrected chi connectivity index (χ0v) is 25.7. The molecule has 2 aromatic carbocycles. The first-order valence-corrected chi connectivity index (χ1v) is 15.6. The van der Waals surface area contributed by atoms with E-state index >= 15 is 0 Å². The fourth-order valence-corrected chi connectivity index (χ4v) is 5.92. The second-order valence-corrected chi connectivity index (χ2v) is 12.4. The normalized spacial score (nSPS) is 12.3. The molecule has 0 aliphatic heterocycles. The van der Waals surface area contributed by atoms with Gasteiger partial charge in [-0.1, -0.05) is 81.2 Å². The third-order valence-electron chi connectivity index (χ3n) is 7.11. The Morgan fingerprint density at radius 1 is 1.02 bits per heavy atom. The zero-order chi connectivity index (χ0) is 30.2. The van der Waals surface area contributed by atoms with Gasteiger partial charge in [0.25, 0.3) is 10.0 Å². The van der Waals surface area contributed by atoms with Gasteiger partial charge in [-0.3, -0.25) is 9.59 Å². The van der Waals surface area contributed by atoms with Crippen molar-refractivity contribution in [3.8, 4) is 11.1 Å². The SMILES string of the molecule is CCCCCC(=O)N(Cc1ccc(-c2ccccc2S(=O)(=O)Nc2onc(C)c2C)cc1)C(CC(C)C)C(=O)NC. The van der Waals surface area contributed by atoms with Gasteiger partial charge in [-0.25, -0.2) is 13.1 Å². The molecule has 0 saturated carbocycles. The number of nitrogens with zero attached hydrogens (tertiary/aromatic N) is 2. The van der Waals surface area contributed by atoms with Crippen LogP contribution < -0.4 is 10.0 Å². The van der Waals surface area contributed by atoms with Gasteiger partial charge in [0.2, 0.25) is 17.7 Å². The van der Waals surface area contributed by atoms with Crippen LogP contribution in [0, 0.1) is 19.8 Å². The van der Waals surface area contributed by atoms with Crippen LogP contribution in [0.4, 0.5) is 5.88 Å². The number of hydrogen-bond acceptors (Lipinski definition) is 6. The number of aryl methyl sites for hydroxylation is 1. The number of benzene rings is 2. The summed E-state index contributed by atoms with van der Waals surface area (Å²) in [5, 5.41) is 6.56. The summed E-state index contributed by atoms with van der Waals surface area (Å²) >= 11 is 0. The summed E-state index contributed by atoms with van der Waals surface area (Å²) in [6, 6.07) is 13.6. The average Bonchev–Trinajstić information content (AvgIpc) is 3.26. The number of hydrogen-bond donors (Lipinski definition) is 2. The predicted octanol–water partition coefficient (Wildman–Crippen LogP) is 5.83. The van der Waals surface area contributed by atoms with E-state index in [0.29, 0.717) is 35.2 Å². The third-order valence-corrected chi connectivity index (χ3v) is 8.50. The summed E-state index contributed by atoms with van der Waals surface area (Å²) in [5.74, 6) is 0.0889. The number of sulfonamides is 1. The van der Waals surface area contributed by atoms with Gasteiger partial charge in [-0.05, 0) is 49.8 Å². The molecule has 2 N–H and O–H groups in total. The molecule has 9 nitrogen and oxygen atoms in total. The Labute approximate surface area is 243 Å². The fourth-order valence-electron chi connectivity index (χ4n) is 4.64. The number of carbonyl (C=O) groups is 2. The number of rotatable bonds is 14. The maximum Gasteiger partial charge on any atom is 0.264 e. The number of carbonyl (C=O) groups excluding carboxylic acids is 2. The molecule has 10 heteroatoms. The minimum atomic E-state index is -3.97. The lowest BCUT2D eigenvalue weighted by molar-refractivity contribution is -0.141. The van der Waals surface area contributed by atoms with Gasteiger partial charge < -0.3 is 14.7 Å². The van der Waals surface area contributed by atoms with Crippen LogP contribution in [0.5, 0.6) is 0 Å². The molecular weight excluding hydrogens is 540 g/mol. The highest BCUT2D eigenvalue weighted by Crippen LogP contribution is 2.30. The standard InChI is InChI=1S/C31H42N4O5S/c1-7-8-9-14-29(36)35(27(19-21(2)3)30(37)32-6)20-24-15-17-25(18-16-24)26-12-10-11-13-28(26)41(38,39)34-31-22(4)23(5)33-40-31/h10-13,15-18,21,27,34H,7-9,14,19-20H2,1-6H3,(H,32,37). The largest absolute Gasteiger partial charge is 0.357 e. The maximum atomic E-state index is 13.3. The quantitative estimate of drug-likeness (QED) is 0.231. The molecule has 0 radical (unpaired) electrons. The Bertz CT molecular complexity index is 1430. The van der Waals surface area contributed by atoms with Crippen molar-refractivity contribution >= 4 is 27.7 Å². The van der Waals surface area contributed by atoms with Crippen molar-refractivity contribution in [3.63, 3.8) is 0 Å². The molecule has 3 rings (SSSR count). The number of nitrogens with one attached hydrogen (secondary N) is 2. The van der Waals surface area contributed by atoms with E-state index in [1.54, 1.807) is 50.1 Å². The Kier molecular flexibility index (Phi) is 11.1. The van der Waals surface area contributed by atoms with E-state index < -0.39 is 16.1 Å². The molecule has 1 atom stereocenters. The second kappa shape index (κ2) is 14.3. The number of amides is 2. The van der Waals surface area contributed by atoms with Crippen LogP contribution >= 0.6 is 0 Å². The number of likely N-dealkylation sites (N-methyl/N-ethyl adjacent to an activating group) is 1. The van der Waals surface area contributed by atoms with E-state index in [2.05, 4.69) is 22.1 Å². The van der Waals surface area contributed by atoms with Gasteiger partial charge in [0.05, 0.1) is 10.6 Å². The van der Waals surface area contributed by atoms with Gasteiger partial charge in [-0.2, -0.15) is 0 Å². The Hall–Kier alpha value is -3.66. The first-order chi connectivity index (χ1) is 19.5. The van der Waals surface area contributed by atoms with Crippen LogP contribution in [0.25, 0.3) is 11.1 Å². The van der Waals surface area contributed by atoms with Gasteiger partial charge in [0, 0.05) is 31.1 Å². The van der Waals surface area contributed by atoms with Gasteiger partial charge in [0.1, 0.15) is 6.04 Å². The van der Waals surface area contributed by atoms with Crippen molar-refractivity contribution < 1.29 is 22.5 Å². The van der Waals surface area contributed by atoms with Gasteiger partial charge >= 0.3 is 0 Å². The van der Waals surface area contributed by atoms with Crippen molar-refractivity contribution in [2.45, 2.75) is 84.2 Å². The van der Waals surface area contributed by atoms with Crippen LogP contribution in [0.15, 0.2) is 57.9 Å². The van der Waals surface area contributed by atoms with Crippen LogP contribution in [0.1, 0.15) is 69.7 Å². The molecule has 0 spiro atoms. The molecular formula is C31H42N4O5S. The van der Waals surface area contributed by atoms with Crippen molar-refractivity contribution in [1.82, 2.24) is 15.4 Å². The van der Waals surface area contributed by atoms with Gasteiger partial charge in [0.15, 0.2) is 0 Å². The topological polar surface area (TPSA) is 122 Å². The lowest BCUT2D eigenvalue weighted by Gasteiger charge is -2.32. The Balaban J connectivity index is 1.90. The molecule has 1 heterocycles. The molecule has 3 aromatic rings. The molecule has 1 aromatic heterocycles. The molecule has 0 aliphatic rings. The number of anilines is 1. The maximum absolute atomic E-state index is 13.3. The van der Waals surface area contributed by atoms with Crippen molar-refractivity contribution in [1.29, 1.82) is 0 Å². The summed E-state index contributed by atoms with van der Waals surface area (Å²) in [6.45, 7) is 9.92. The molecule has 0 aliphatic carbocycles. The smallest absolute Gasteiger partial charge is 0.264 e. The minimum absolute atomic E-state index is 0.0442. The van der Waals surface area contributed by atoms with Crippen molar-refractivity contribution in [2.24, 2.45) is 5.92 Å². The van der Waals surface area contributed by atoms with Crippen molar-refractivity contribution in [3.05, 3.63) is 65.4 Å². The van der Waals surface area contributed by atoms with Crippen LogP contribution in [-0.2, 0) is 26.2 Å². The predicted molar refractivity (Wildman–Crippen MR) is 161 cm³/mol. The van der Waals surface area contributed by atoms with E-state index in [1.165, 1.54) is 0 Å². The van der Waals surface area contributed by atoms with E-state index in [1.807, 2.05) is 38.1 Å². The lowest BCUT2D eigenvalue weighted by atomic mass is 9.99. The van der Waals surface area contributed by atoms with Crippen LogP contribution in [0.2, 0.25) is 0 Å². The number of aromatic nitrogens is 1. The molecule has 41 heavy (non-hydrogen) atoms. The van der Waals surface area contributed by atoms with Crippen LogP contribution in [0.3, 0.4) is 0 Å². The highest BCUT2D eigenvalue weighted by Gasteiger charge is 2.30. The third kappa shape index (κ3) is 8.19.